The number of nitrogens with one attached hydrogen (secondary N) is 1. The summed E-state index contributed by atoms with van der Waals surface area (Å²) in [5.74, 6) is 1.40. The number of ether oxygens (including phenoxy) is 3. The molecule has 6 heteroatoms. The maximum Gasteiger partial charge on any atom is 0.165 e. The molecule has 0 saturated carbocycles. The van der Waals surface area contributed by atoms with E-state index in [1.165, 1.54) is 0 Å². The standard InChI is InChI=1S/C13H20ClNO3.ClH/c1-4-18-13-10(9-15-5-6-16-2)7-11(14)8-12(13)17-3;/h7-8,15H,4-6,9H2,1-3H3;1H. The molecule has 110 valence electrons. The summed E-state index contributed by atoms with van der Waals surface area (Å²) in [7, 11) is 3.28. The van der Waals surface area contributed by atoms with E-state index in [0.29, 0.717) is 30.5 Å². The first kappa shape index (κ1) is 18.3. The van der Waals surface area contributed by atoms with Crippen molar-refractivity contribution in [2.45, 2.75) is 13.5 Å². The molecular weight excluding hydrogens is 289 g/mol. The number of hydrogen-bond donors (Lipinski definition) is 1. The van der Waals surface area contributed by atoms with Gasteiger partial charge in [-0.15, -0.1) is 12.4 Å². The minimum atomic E-state index is 0. The van der Waals surface area contributed by atoms with Crippen LogP contribution in [0.1, 0.15) is 12.5 Å². The highest BCUT2D eigenvalue weighted by atomic mass is 35.5. The number of methoxy groups -OCH3 is 2. The van der Waals surface area contributed by atoms with E-state index < -0.39 is 0 Å². The molecule has 0 fully saturated rings. The van der Waals surface area contributed by atoms with E-state index in [1.807, 2.05) is 13.0 Å². The third-order valence-electron chi connectivity index (χ3n) is 2.40. The fraction of sp³-hybridized carbons (Fsp3) is 0.538. The van der Waals surface area contributed by atoms with Crippen molar-refractivity contribution in [2.24, 2.45) is 0 Å². The normalized spacial score (nSPS) is 9.89. The lowest BCUT2D eigenvalue weighted by Gasteiger charge is -2.15. The van der Waals surface area contributed by atoms with Crippen LogP contribution < -0.4 is 14.8 Å². The van der Waals surface area contributed by atoms with Crippen LogP contribution in [0.5, 0.6) is 11.5 Å². The van der Waals surface area contributed by atoms with Gasteiger partial charge in [-0.25, -0.2) is 0 Å². The van der Waals surface area contributed by atoms with Gasteiger partial charge in [0.05, 0.1) is 20.3 Å². The van der Waals surface area contributed by atoms with E-state index in [-0.39, 0.29) is 12.4 Å². The number of rotatable bonds is 8. The first-order chi connectivity index (χ1) is 8.72. The SMILES string of the molecule is CCOc1c(CNCCOC)cc(Cl)cc1OC.Cl. The van der Waals surface area contributed by atoms with Crippen molar-refractivity contribution in [3.63, 3.8) is 0 Å². The third-order valence-corrected chi connectivity index (χ3v) is 2.62. The average molecular weight is 310 g/mol. The van der Waals surface area contributed by atoms with Crippen LogP contribution in [0.4, 0.5) is 0 Å². The molecule has 0 aromatic heterocycles. The second-order valence-electron chi connectivity index (χ2n) is 3.70. The first-order valence-corrected chi connectivity index (χ1v) is 6.29. The summed E-state index contributed by atoms with van der Waals surface area (Å²) in [6.45, 7) is 4.63. The van der Waals surface area contributed by atoms with Gasteiger partial charge in [-0.05, 0) is 13.0 Å². The Morgan fingerprint density at radius 2 is 2.00 bits per heavy atom. The lowest BCUT2D eigenvalue weighted by molar-refractivity contribution is 0.199. The lowest BCUT2D eigenvalue weighted by atomic mass is 10.2. The van der Waals surface area contributed by atoms with Crippen LogP contribution in [0, 0.1) is 0 Å². The number of benzene rings is 1. The average Bonchev–Trinajstić information content (AvgIpc) is 2.37. The van der Waals surface area contributed by atoms with Gasteiger partial charge in [-0.3, -0.25) is 0 Å². The van der Waals surface area contributed by atoms with Gasteiger partial charge in [0.25, 0.3) is 0 Å². The quantitative estimate of drug-likeness (QED) is 0.750. The zero-order valence-corrected chi connectivity index (χ0v) is 13.1. The second-order valence-corrected chi connectivity index (χ2v) is 4.14. The Balaban J connectivity index is 0.00000324. The van der Waals surface area contributed by atoms with E-state index in [2.05, 4.69) is 5.32 Å². The summed E-state index contributed by atoms with van der Waals surface area (Å²) in [5, 5.41) is 3.90. The third kappa shape index (κ3) is 5.87. The summed E-state index contributed by atoms with van der Waals surface area (Å²) in [6, 6.07) is 3.64. The molecule has 0 amide bonds. The molecule has 1 aromatic rings. The molecule has 0 aliphatic carbocycles. The predicted octanol–water partition coefficient (Wildman–Crippen LogP) is 2.91. The summed E-state index contributed by atoms with van der Waals surface area (Å²) in [4.78, 5) is 0. The van der Waals surface area contributed by atoms with Crippen LogP contribution in [0.25, 0.3) is 0 Å². The van der Waals surface area contributed by atoms with E-state index >= 15 is 0 Å². The van der Waals surface area contributed by atoms with Gasteiger partial charge in [0, 0.05) is 36.9 Å². The van der Waals surface area contributed by atoms with Crippen molar-refractivity contribution >= 4 is 24.0 Å². The molecule has 1 rings (SSSR count). The maximum atomic E-state index is 6.05. The monoisotopic (exact) mass is 309 g/mol. The maximum absolute atomic E-state index is 6.05. The van der Waals surface area contributed by atoms with Crippen molar-refractivity contribution in [3.8, 4) is 11.5 Å². The van der Waals surface area contributed by atoms with Crippen molar-refractivity contribution < 1.29 is 14.2 Å². The van der Waals surface area contributed by atoms with E-state index in [4.69, 9.17) is 25.8 Å². The Bertz CT molecular complexity index is 375. The van der Waals surface area contributed by atoms with Crippen molar-refractivity contribution in [3.05, 3.63) is 22.7 Å². The van der Waals surface area contributed by atoms with Crippen molar-refractivity contribution in [2.75, 3.05) is 34.0 Å². The van der Waals surface area contributed by atoms with Gasteiger partial charge in [0.15, 0.2) is 11.5 Å². The molecular formula is C13H21Cl2NO3. The van der Waals surface area contributed by atoms with Crippen molar-refractivity contribution in [1.82, 2.24) is 5.32 Å². The van der Waals surface area contributed by atoms with Crippen LogP contribution >= 0.6 is 24.0 Å². The smallest absolute Gasteiger partial charge is 0.165 e. The molecule has 1 aromatic carbocycles. The molecule has 0 atom stereocenters. The van der Waals surface area contributed by atoms with Crippen LogP contribution in [-0.4, -0.2) is 34.0 Å². The van der Waals surface area contributed by atoms with Gasteiger partial charge in [0.2, 0.25) is 0 Å². The molecule has 1 N–H and O–H groups in total. The molecule has 0 bridgehead atoms. The van der Waals surface area contributed by atoms with E-state index in [9.17, 15) is 0 Å². The minimum absolute atomic E-state index is 0. The van der Waals surface area contributed by atoms with Gasteiger partial charge < -0.3 is 19.5 Å². The first-order valence-electron chi connectivity index (χ1n) is 5.91. The fourth-order valence-corrected chi connectivity index (χ4v) is 1.84. The van der Waals surface area contributed by atoms with Gasteiger partial charge in [-0.2, -0.15) is 0 Å². The second kappa shape index (κ2) is 10.1. The Labute approximate surface area is 125 Å². The molecule has 0 radical (unpaired) electrons. The zero-order chi connectivity index (χ0) is 13.4. The Morgan fingerprint density at radius 1 is 1.26 bits per heavy atom. The van der Waals surface area contributed by atoms with Crippen LogP contribution in [0.3, 0.4) is 0 Å². The molecule has 19 heavy (non-hydrogen) atoms. The Hall–Kier alpha value is -0.680. The lowest BCUT2D eigenvalue weighted by Crippen LogP contribution is -2.19. The van der Waals surface area contributed by atoms with Gasteiger partial charge in [-0.1, -0.05) is 11.6 Å². The Kier molecular flexibility index (Phi) is 9.79. The molecule has 0 heterocycles. The summed E-state index contributed by atoms with van der Waals surface area (Å²) in [6.07, 6.45) is 0. The molecule has 0 spiro atoms. The highest BCUT2D eigenvalue weighted by Crippen LogP contribution is 2.34. The topological polar surface area (TPSA) is 39.7 Å². The van der Waals surface area contributed by atoms with E-state index in [1.54, 1.807) is 20.3 Å². The van der Waals surface area contributed by atoms with Gasteiger partial charge >= 0.3 is 0 Å². The van der Waals surface area contributed by atoms with Crippen LogP contribution in [-0.2, 0) is 11.3 Å². The van der Waals surface area contributed by atoms with Gasteiger partial charge in [0.1, 0.15) is 0 Å². The van der Waals surface area contributed by atoms with Crippen LogP contribution in [0.2, 0.25) is 5.02 Å². The fourth-order valence-electron chi connectivity index (χ4n) is 1.61. The predicted molar refractivity (Wildman–Crippen MR) is 80.0 cm³/mol. The highest BCUT2D eigenvalue weighted by Gasteiger charge is 2.12. The minimum Gasteiger partial charge on any atom is -0.493 e. The number of hydrogen-bond acceptors (Lipinski definition) is 4. The molecule has 0 saturated heterocycles. The largest absolute Gasteiger partial charge is 0.493 e. The zero-order valence-electron chi connectivity index (χ0n) is 11.5. The molecule has 0 unspecified atom stereocenters. The summed E-state index contributed by atoms with van der Waals surface area (Å²) in [5.41, 5.74) is 0.984. The highest BCUT2D eigenvalue weighted by molar-refractivity contribution is 6.30. The molecule has 0 aliphatic rings. The molecule has 0 aliphatic heterocycles. The van der Waals surface area contributed by atoms with Crippen molar-refractivity contribution in [1.29, 1.82) is 0 Å². The van der Waals surface area contributed by atoms with E-state index in [0.717, 1.165) is 17.9 Å². The molecule has 4 nitrogen and oxygen atoms in total. The summed E-state index contributed by atoms with van der Waals surface area (Å²) >= 11 is 6.05. The number of halogens is 2. The Morgan fingerprint density at radius 3 is 2.58 bits per heavy atom. The summed E-state index contributed by atoms with van der Waals surface area (Å²) < 4.78 is 15.9. The van der Waals surface area contributed by atoms with Crippen LogP contribution in [0.15, 0.2) is 12.1 Å².